The Morgan fingerprint density at radius 3 is 2.56 bits per heavy atom. The summed E-state index contributed by atoms with van der Waals surface area (Å²) in [4.78, 5) is 0. The summed E-state index contributed by atoms with van der Waals surface area (Å²) in [6.07, 6.45) is 8.94. The number of sulfone groups is 1. The molecule has 1 fully saturated rings. The minimum Gasteiger partial charge on any atom is -0.313 e. The van der Waals surface area contributed by atoms with Gasteiger partial charge in [0.1, 0.15) is 9.84 Å². The molecular formula is C12H25NO2S. The van der Waals surface area contributed by atoms with Gasteiger partial charge in [-0.05, 0) is 25.2 Å². The first kappa shape index (κ1) is 14.0. The van der Waals surface area contributed by atoms with E-state index in [2.05, 4.69) is 12.2 Å². The van der Waals surface area contributed by atoms with Crippen LogP contribution in [-0.2, 0) is 9.84 Å². The second-order valence-corrected chi connectivity index (χ2v) is 7.32. The van der Waals surface area contributed by atoms with Gasteiger partial charge in [0.2, 0.25) is 0 Å². The smallest absolute Gasteiger partial charge is 0.148 e. The average Bonchev–Trinajstić information content (AvgIpc) is 2.41. The molecule has 0 aromatic heterocycles. The third-order valence-corrected chi connectivity index (χ3v) is 4.52. The van der Waals surface area contributed by atoms with Crippen molar-refractivity contribution in [2.24, 2.45) is 5.92 Å². The van der Waals surface area contributed by atoms with Gasteiger partial charge in [-0.15, -0.1) is 0 Å². The third kappa shape index (κ3) is 5.85. The number of hydrogen-bond acceptors (Lipinski definition) is 3. The van der Waals surface area contributed by atoms with E-state index >= 15 is 0 Å². The zero-order valence-electron chi connectivity index (χ0n) is 10.5. The summed E-state index contributed by atoms with van der Waals surface area (Å²) in [7, 11) is -2.81. The lowest BCUT2D eigenvalue weighted by atomic mass is 9.98. The van der Waals surface area contributed by atoms with Gasteiger partial charge >= 0.3 is 0 Å². The molecule has 0 saturated heterocycles. The number of hydrogen-bond donors (Lipinski definition) is 1. The van der Waals surface area contributed by atoms with E-state index in [1.807, 2.05) is 0 Å². The molecule has 0 aromatic carbocycles. The molecule has 0 radical (unpaired) electrons. The summed E-state index contributed by atoms with van der Waals surface area (Å²) in [5.41, 5.74) is 0. The summed E-state index contributed by atoms with van der Waals surface area (Å²) in [5.74, 6) is 1.16. The molecule has 2 unspecified atom stereocenters. The molecule has 3 nitrogen and oxygen atoms in total. The molecule has 1 saturated carbocycles. The summed E-state index contributed by atoms with van der Waals surface area (Å²) < 4.78 is 22.0. The van der Waals surface area contributed by atoms with Crippen molar-refractivity contribution in [3.8, 4) is 0 Å². The highest BCUT2D eigenvalue weighted by Crippen LogP contribution is 2.25. The van der Waals surface area contributed by atoms with Crippen LogP contribution >= 0.6 is 0 Å². The van der Waals surface area contributed by atoms with Gasteiger partial charge < -0.3 is 5.32 Å². The van der Waals surface area contributed by atoms with Gasteiger partial charge in [0.25, 0.3) is 0 Å². The fraction of sp³-hybridized carbons (Fsp3) is 1.00. The Morgan fingerprint density at radius 1 is 1.19 bits per heavy atom. The van der Waals surface area contributed by atoms with E-state index in [1.165, 1.54) is 44.8 Å². The Hall–Kier alpha value is -0.0900. The summed E-state index contributed by atoms with van der Waals surface area (Å²) >= 11 is 0. The third-order valence-electron chi connectivity index (χ3n) is 3.57. The van der Waals surface area contributed by atoms with Crippen molar-refractivity contribution in [2.45, 2.75) is 51.5 Å². The van der Waals surface area contributed by atoms with E-state index < -0.39 is 9.84 Å². The van der Waals surface area contributed by atoms with Crippen molar-refractivity contribution < 1.29 is 8.42 Å². The number of rotatable bonds is 5. The highest BCUT2D eigenvalue weighted by atomic mass is 32.2. The molecule has 1 N–H and O–H groups in total. The minimum absolute atomic E-state index is 0.265. The van der Waals surface area contributed by atoms with Crippen LogP contribution < -0.4 is 5.32 Å². The van der Waals surface area contributed by atoms with Gasteiger partial charge in [0.05, 0.1) is 5.75 Å². The first-order valence-corrected chi connectivity index (χ1v) is 8.48. The molecule has 1 rings (SSSR count). The van der Waals surface area contributed by atoms with Gasteiger partial charge in [-0.2, -0.15) is 0 Å². The SMILES string of the molecule is CCC1CCCC(NCCS(C)(=O)=O)CC1. The maximum Gasteiger partial charge on any atom is 0.148 e. The van der Waals surface area contributed by atoms with Crippen LogP contribution in [0.5, 0.6) is 0 Å². The molecule has 0 amide bonds. The van der Waals surface area contributed by atoms with Crippen LogP contribution in [0.2, 0.25) is 0 Å². The van der Waals surface area contributed by atoms with Crippen LogP contribution in [0.25, 0.3) is 0 Å². The molecule has 0 spiro atoms. The van der Waals surface area contributed by atoms with Crippen molar-refractivity contribution in [2.75, 3.05) is 18.6 Å². The van der Waals surface area contributed by atoms with E-state index in [4.69, 9.17) is 0 Å². The van der Waals surface area contributed by atoms with Gasteiger partial charge in [-0.1, -0.05) is 26.2 Å². The summed E-state index contributed by atoms with van der Waals surface area (Å²) in [6, 6.07) is 0.540. The van der Waals surface area contributed by atoms with Crippen LogP contribution in [-0.4, -0.2) is 33.0 Å². The lowest BCUT2D eigenvalue weighted by Crippen LogP contribution is -2.32. The summed E-state index contributed by atoms with van der Waals surface area (Å²) in [5, 5.41) is 3.38. The first-order chi connectivity index (χ1) is 7.51. The van der Waals surface area contributed by atoms with Crippen molar-refractivity contribution in [3.05, 3.63) is 0 Å². The van der Waals surface area contributed by atoms with Crippen LogP contribution in [0.15, 0.2) is 0 Å². The zero-order chi connectivity index (χ0) is 12.0. The van der Waals surface area contributed by atoms with Crippen LogP contribution in [0, 0.1) is 5.92 Å². The van der Waals surface area contributed by atoms with E-state index in [0.29, 0.717) is 12.6 Å². The zero-order valence-corrected chi connectivity index (χ0v) is 11.4. The molecule has 1 aliphatic rings. The van der Waals surface area contributed by atoms with Crippen LogP contribution in [0.4, 0.5) is 0 Å². The van der Waals surface area contributed by atoms with E-state index in [1.54, 1.807) is 0 Å². The van der Waals surface area contributed by atoms with Crippen LogP contribution in [0.1, 0.15) is 45.4 Å². The topological polar surface area (TPSA) is 46.2 Å². The van der Waals surface area contributed by atoms with Crippen molar-refractivity contribution in [3.63, 3.8) is 0 Å². The molecule has 96 valence electrons. The quantitative estimate of drug-likeness (QED) is 0.756. The predicted molar refractivity (Wildman–Crippen MR) is 68.4 cm³/mol. The number of nitrogens with one attached hydrogen (secondary N) is 1. The monoisotopic (exact) mass is 247 g/mol. The van der Waals surface area contributed by atoms with Crippen molar-refractivity contribution >= 4 is 9.84 Å². The molecule has 0 heterocycles. The minimum atomic E-state index is -2.81. The maximum absolute atomic E-state index is 11.0. The van der Waals surface area contributed by atoms with E-state index in [-0.39, 0.29) is 5.75 Å². The van der Waals surface area contributed by atoms with Gasteiger partial charge in [0, 0.05) is 18.8 Å². The fourth-order valence-electron chi connectivity index (χ4n) is 2.44. The molecule has 0 bridgehead atoms. The van der Waals surface area contributed by atoms with E-state index in [9.17, 15) is 8.42 Å². The molecule has 0 aromatic rings. The van der Waals surface area contributed by atoms with Crippen LogP contribution in [0.3, 0.4) is 0 Å². The van der Waals surface area contributed by atoms with Gasteiger partial charge in [-0.25, -0.2) is 8.42 Å². The Kier molecular flexibility index (Phi) is 5.76. The predicted octanol–water partition coefficient (Wildman–Crippen LogP) is 1.98. The summed E-state index contributed by atoms with van der Waals surface area (Å²) in [6.45, 7) is 2.88. The average molecular weight is 247 g/mol. The van der Waals surface area contributed by atoms with Gasteiger partial charge in [-0.3, -0.25) is 0 Å². The molecule has 0 aliphatic heterocycles. The highest BCUT2D eigenvalue weighted by Gasteiger charge is 2.17. The Morgan fingerprint density at radius 2 is 1.94 bits per heavy atom. The largest absolute Gasteiger partial charge is 0.313 e. The molecule has 1 aliphatic carbocycles. The molecule has 16 heavy (non-hydrogen) atoms. The second kappa shape index (κ2) is 6.60. The first-order valence-electron chi connectivity index (χ1n) is 6.42. The lowest BCUT2D eigenvalue weighted by Gasteiger charge is -2.16. The normalized spacial score (nSPS) is 27.6. The Bertz CT molecular complexity index is 287. The fourth-order valence-corrected chi connectivity index (χ4v) is 2.93. The molecule has 2 atom stereocenters. The molecule has 4 heteroatoms. The lowest BCUT2D eigenvalue weighted by molar-refractivity contribution is 0.429. The second-order valence-electron chi connectivity index (χ2n) is 5.06. The standard InChI is InChI=1S/C12H25NO2S/c1-3-11-5-4-6-12(8-7-11)13-9-10-16(2,14)15/h11-13H,3-10H2,1-2H3. The maximum atomic E-state index is 11.0. The van der Waals surface area contributed by atoms with Crippen molar-refractivity contribution in [1.82, 2.24) is 5.32 Å². The highest BCUT2D eigenvalue weighted by molar-refractivity contribution is 7.90. The van der Waals surface area contributed by atoms with Gasteiger partial charge in [0.15, 0.2) is 0 Å². The van der Waals surface area contributed by atoms with E-state index in [0.717, 1.165) is 5.92 Å². The van der Waals surface area contributed by atoms with Crippen molar-refractivity contribution in [1.29, 1.82) is 0 Å². The molecular weight excluding hydrogens is 222 g/mol. The Balaban J connectivity index is 2.22. The Labute approximate surface area is 99.9 Å².